The van der Waals surface area contributed by atoms with E-state index in [0.29, 0.717) is 0 Å². The van der Waals surface area contributed by atoms with Crippen LogP contribution in [-0.4, -0.2) is 40.5 Å². The monoisotopic (exact) mass is 461 g/mol. The van der Waals surface area contributed by atoms with Crippen LogP contribution in [0.15, 0.2) is 73.1 Å². The first-order valence-corrected chi connectivity index (χ1v) is 11.2. The van der Waals surface area contributed by atoms with Gasteiger partial charge in [-0.15, -0.1) is 0 Å². The second-order valence-corrected chi connectivity index (χ2v) is 9.33. The average Bonchev–Trinajstić information content (AvgIpc) is 3.30. The number of hydrogen-bond donors (Lipinski definition) is 3. The zero-order chi connectivity index (χ0) is 24.9. The van der Waals surface area contributed by atoms with Crippen molar-refractivity contribution in [3.8, 4) is 22.3 Å². The van der Waals surface area contributed by atoms with Gasteiger partial charge in [-0.3, -0.25) is 9.59 Å². The zero-order valence-corrected chi connectivity index (χ0v) is 19.9. The zero-order valence-electron chi connectivity index (χ0n) is 19.9. The molecule has 2 amide bonds. The molecule has 0 bridgehead atoms. The molecule has 1 heterocycles. The highest BCUT2D eigenvalue weighted by atomic mass is 16.4. The van der Waals surface area contributed by atoms with E-state index in [1.54, 1.807) is 12.4 Å². The highest BCUT2D eigenvalue weighted by Crippen LogP contribution is 2.27. The molecule has 3 aromatic rings. The van der Waals surface area contributed by atoms with Crippen LogP contribution in [0.2, 0.25) is 0 Å². The molecule has 2 aromatic carbocycles. The summed E-state index contributed by atoms with van der Waals surface area (Å²) in [5, 5.41) is 15.0. The van der Waals surface area contributed by atoms with E-state index in [1.807, 2.05) is 81.4 Å². The van der Waals surface area contributed by atoms with Gasteiger partial charge in [-0.05, 0) is 33.7 Å². The Morgan fingerprint density at radius 1 is 0.882 bits per heavy atom. The minimum absolute atomic E-state index is 0.292. The average molecular weight is 462 g/mol. The number of carbonyl (C=O) groups is 3. The van der Waals surface area contributed by atoms with Crippen LogP contribution in [-0.2, 0) is 14.4 Å². The highest BCUT2D eigenvalue weighted by molar-refractivity contribution is 5.90. The van der Waals surface area contributed by atoms with Gasteiger partial charge in [0.1, 0.15) is 12.1 Å². The van der Waals surface area contributed by atoms with Gasteiger partial charge in [0.05, 0.1) is 6.42 Å². The molecule has 1 unspecified atom stereocenters. The number of likely N-dealkylation sites (N-methyl/N-ethyl adjacent to an activating group) is 1. The van der Waals surface area contributed by atoms with E-state index in [-0.39, 0.29) is 12.3 Å². The number of nitrogens with one attached hydrogen (secondary N) is 2. The first kappa shape index (κ1) is 24.8. The largest absolute Gasteiger partial charge is 0.480 e. The van der Waals surface area contributed by atoms with E-state index in [9.17, 15) is 19.5 Å². The number of carboxylic acid groups (broad SMARTS) is 1. The van der Waals surface area contributed by atoms with Gasteiger partial charge in [-0.2, -0.15) is 0 Å². The Morgan fingerprint density at radius 3 is 1.97 bits per heavy atom. The quantitative estimate of drug-likeness (QED) is 0.470. The van der Waals surface area contributed by atoms with Crippen LogP contribution in [0.3, 0.4) is 0 Å². The first-order chi connectivity index (χ1) is 16.1. The fraction of sp³-hybridized carbons (Fsp3) is 0.296. The van der Waals surface area contributed by atoms with E-state index in [4.69, 9.17) is 0 Å². The molecule has 3 N–H and O–H groups in total. The second-order valence-electron chi connectivity index (χ2n) is 9.33. The lowest BCUT2D eigenvalue weighted by Gasteiger charge is -2.30. The van der Waals surface area contributed by atoms with Crippen molar-refractivity contribution in [1.82, 2.24) is 15.2 Å². The predicted molar refractivity (Wildman–Crippen MR) is 132 cm³/mol. The normalized spacial score (nSPS) is 13.1. The number of carbonyl (C=O) groups excluding carboxylic acids is 2. The minimum atomic E-state index is -1.12. The summed E-state index contributed by atoms with van der Waals surface area (Å²) in [7, 11) is 1.50. The second kappa shape index (κ2) is 10.4. The number of amides is 2. The fourth-order valence-electron chi connectivity index (χ4n) is 3.80. The third kappa shape index (κ3) is 5.92. The van der Waals surface area contributed by atoms with Crippen LogP contribution in [0.25, 0.3) is 22.3 Å². The van der Waals surface area contributed by atoms with Gasteiger partial charge in [0.15, 0.2) is 0 Å². The summed E-state index contributed by atoms with van der Waals surface area (Å²) < 4.78 is 1.52. The standard InChI is InChI=1S/C27H31N3O4/c1-27(2,3)24(25(32)28-4)29-23(31)16-22(26(33)34)30-15-14-21(17-30)20-12-10-19(11-13-20)18-8-6-5-7-9-18/h5-15,17,22,24H,16H2,1-4H3,(H,28,32)(H,29,31)(H,33,34)/t22-,24?/m1/s1. The molecule has 0 aliphatic carbocycles. The van der Waals surface area contributed by atoms with Crippen molar-refractivity contribution in [3.63, 3.8) is 0 Å². The molecular formula is C27H31N3O4. The Morgan fingerprint density at radius 2 is 1.44 bits per heavy atom. The maximum atomic E-state index is 12.7. The number of nitrogens with zero attached hydrogens (tertiary/aromatic N) is 1. The minimum Gasteiger partial charge on any atom is -0.480 e. The molecule has 0 fully saturated rings. The molecule has 1 aromatic heterocycles. The van der Waals surface area contributed by atoms with Crippen LogP contribution < -0.4 is 10.6 Å². The molecule has 2 atom stereocenters. The smallest absolute Gasteiger partial charge is 0.327 e. The summed E-state index contributed by atoms with van der Waals surface area (Å²) >= 11 is 0. The van der Waals surface area contributed by atoms with Gasteiger partial charge in [0.25, 0.3) is 0 Å². The van der Waals surface area contributed by atoms with E-state index in [2.05, 4.69) is 10.6 Å². The summed E-state index contributed by atoms with van der Waals surface area (Å²) in [5.41, 5.74) is 3.48. The van der Waals surface area contributed by atoms with E-state index in [0.717, 1.165) is 22.3 Å². The summed E-state index contributed by atoms with van der Waals surface area (Å²) in [6.45, 7) is 5.51. The Bertz CT molecular complexity index is 1140. The molecule has 0 saturated heterocycles. The maximum Gasteiger partial charge on any atom is 0.327 e. The van der Waals surface area contributed by atoms with Crippen molar-refractivity contribution in [3.05, 3.63) is 73.1 Å². The molecule has 0 radical (unpaired) electrons. The van der Waals surface area contributed by atoms with Gasteiger partial charge in [0, 0.05) is 19.4 Å². The van der Waals surface area contributed by atoms with Crippen LogP contribution in [0.5, 0.6) is 0 Å². The lowest BCUT2D eigenvalue weighted by molar-refractivity contribution is -0.143. The number of carboxylic acids is 1. The molecule has 0 saturated carbocycles. The van der Waals surface area contributed by atoms with Crippen LogP contribution >= 0.6 is 0 Å². The Hall–Kier alpha value is -3.87. The number of rotatable bonds is 8. The topological polar surface area (TPSA) is 100 Å². The third-order valence-electron chi connectivity index (χ3n) is 5.74. The van der Waals surface area contributed by atoms with Gasteiger partial charge in [-0.1, -0.05) is 75.4 Å². The van der Waals surface area contributed by atoms with E-state index >= 15 is 0 Å². The number of aliphatic carboxylic acids is 1. The molecule has 7 heteroatoms. The van der Waals surface area contributed by atoms with Gasteiger partial charge in [0.2, 0.25) is 11.8 Å². The van der Waals surface area contributed by atoms with Crippen molar-refractivity contribution in [2.24, 2.45) is 5.41 Å². The van der Waals surface area contributed by atoms with Crippen LogP contribution in [0, 0.1) is 5.41 Å². The Labute approximate surface area is 199 Å². The molecule has 0 aliphatic heterocycles. The molecule has 0 spiro atoms. The molecule has 3 rings (SSSR count). The van der Waals surface area contributed by atoms with Crippen LogP contribution in [0.4, 0.5) is 0 Å². The summed E-state index contributed by atoms with van der Waals surface area (Å²) in [5.74, 6) is -1.95. The van der Waals surface area contributed by atoms with Gasteiger partial charge >= 0.3 is 5.97 Å². The third-order valence-corrected chi connectivity index (χ3v) is 5.74. The lowest BCUT2D eigenvalue weighted by Crippen LogP contribution is -2.53. The Balaban J connectivity index is 1.75. The van der Waals surface area contributed by atoms with Crippen molar-refractivity contribution in [2.45, 2.75) is 39.3 Å². The van der Waals surface area contributed by atoms with Gasteiger partial charge in [-0.25, -0.2) is 4.79 Å². The molecular weight excluding hydrogens is 430 g/mol. The van der Waals surface area contributed by atoms with Crippen molar-refractivity contribution < 1.29 is 19.5 Å². The summed E-state index contributed by atoms with van der Waals surface area (Å²) in [4.78, 5) is 36.9. The first-order valence-electron chi connectivity index (χ1n) is 11.2. The molecule has 7 nitrogen and oxygen atoms in total. The summed E-state index contributed by atoms with van der Waals surface area (Å²) in [6.07, 6.45) is 3.09. The number of aromatic nitrogens is 1. The van der Waals surface area contributed by atoms with Crippen molar-refractivity contribution in [2.75, 3.05) is 7.05 Å². The van der Waals surface area contributed by atoms with E-state index in [1.165, 1.54) is 11.6 Å². The number of hydrogen-bond acceptors (Lipinski definition) is 3. The van der Waals surface area contributed by atoms with Crippen LogP contribution in [0.1, 0.15) is 33.2 Å². The molecule has 0 aliphatic rings. The van der Waals surface area contributed by atoms with Gasteiger partial charge < -0.3 is 20.3 Å². The van der Waals surface area contributed by atoms with Crippen molar-refractivity contribution in [1.29, 1.82) is 0 Å². The van der Waals surface area contributed by atoms with E-state index < -0.39 is 29.4 Å². The van der Waals surface area contributed by atoms with Crippen molar-refractivity contribution >= 4 is 17.8 Å². The SMILES string of the molecule is CNC(=O)C(NC(=O)C[C@H](C(=O)O)n1ccc(-c2ccc(-c3ccccc3)cc2)c1)C(C)(C)C. The highest BCUT2D eigenvalue weighted by Gasteiger charge is 2.33. The Kier molecular flexibility index (Phi) is 7.56. The fourth-order valence-corrected chi connectivity index (χ4v) is 3.80. The lowest BCUT2D eigenvalue weighted by atomic mass is 9.86. The summed E-state index contributed by atoms with van der Waals surface area (Å²) in [6, 6.07) is 18.0. The predicted octanol–water partition coefficient (Wildman–Crippen LogP) is 4.11. The maximum absolute atomic E-state index is 12.7. The molecule has 34 heavy (non-hydrogen) atoms. The number of benzene rings is 2. The molecule has 178 valence electrons.